The van der Waals surface area contributed by atoms with Crippen molar-refractivity contribution in [2.75, 3.05) is 32.7 Å². The zero-order valence-electron chi connectivity index (χ0n) is 17.7. The minimum absolute atomic E-state index is 0.190. The Morgan fingerprint density at radius 1 is 1.00 bits per heavy atom. The van der Waals surface area contributed by atoms with Crippen LogP contribution in [-0.2, 0) is 17.6 Å². The number of rotatable bonds is 5. The highest BCUT2D eigenvalue weighted by molar-refractivity contribution is 5.78. The lowest BCUT2D eigenvalue weighted by molar-refractivity contribution is -0.127. The molecule has 0 radical (unpaired) electrons. The number of carbonyl (C=O) groups is 1. The maximum atomic E-state index is 12.5. The molecule has 4 rings (SSSR count). The molecule has 0 aromatic heterocycles. The Kier molecular flexibility index (Phi) is 6.37. The summed E-state index contributed by atoms with van der Waals surface area (Å²) in [4.78, 5) is 17.9. The van der Waals surface area contributed by atoms with Crippen LogP contribution in [0.25, 0.3) is 0 Å². The van der Waals surface area contributed by atoms with Crippen molar-refractivity contribution in [1.82, 2.24) is 15.1 Å². The van der Waals surface area contributed by atoms with Crippen molar-refractivity contribution in [3.63, 3.8) is 0 Å². The van der Waals surface area contributed by atoms with Crippen molar-refractivity contribution in [2.45, 2.75) is 64.5 Å². The van der Waals surface area contributed by atoms with Gasteiger partial charge in [-0.2, -0.15) is 0 Å². The van der Waals surface area contributed by atoms with Crippen LogP contribution < -0.4 is 5.32 Å². The molecule has 4 heteroatoms. The average Bonchev–Trinajstić information content (AvgIpc) is 3.16. The predicted octanol–water partition coefficient (Wildman–Crippen LogP) is 3.10. The summed E-state index contributed by atoms with van der Waals surface area (Å²) >= 11 is 0. The van der Waals surface area contributed by atoms with Gasteiger partial charge in [0.25, 0.3) is 0 Å². The Morgan fingerprint density at radius 3 is 2.32 bits per heavy atom. The molecule has 0 saturated carbocycles. The summed E-state index contributed by atoms with van der Waals surface area (Å²) in [6.07, 6.45) is 7.18. The minimum Gasteiger partial charge on any atom is -0.356 e. The number of piperidine rings is 2. The van der Waals surface area contributed by atoms with Crippen molar-refractivity contribution in [1.29, 1.82) is 0 Å². The number of benzene rings is 1. The molecule has 2 aliphatic heterocycles. The Bertz CT molecular complexity index is 641. The van der Waals surface area contributed by atoms with Gasteiger partial charge in [0, 0.05) is 25.2 Å². The Morgan fingerprint density at radius 2 is 1.68 bits per heavy atom. The fourth-order valence-corrected chi connectivity index (χ4v) is 5.41. The molecule has 0 bridgehead atoms. The van der Waals surface area contributed by atoms with Gasteiger partial charge in [0.05, 0.1) is 5.92 Å². The van der Waals surface area contributed by atoms with Gasteiger partial charge in [-0.25, -0.2) is 0 Å². The maximum absolute atomic E-state index is 12.5. The average molecular weight is 384 g/mol. The number of likely N-dealkylation sites (tertiary alicyclic amines) is 2. The molecule has 1 amide bonds. The summed E-state index contributed by atoms with van der Waals surface area (Å²) in [7, 11) is 0. The van der Waals surface area contributed by atoms with E-state index in [4.69, 9.17) is 0 Å². The van der Waals surface area contributed by atoms with Gasteiger partial charge in [-0.05, 0) is 75.2 Å². The fourth-order valence-electron chi connectivity index (χ4n) is 5.41. The van der Waals surface area contributed by atoms with Crippen molar-refractivity contribution in [3.8, 4) is 0 Å². The topological polar surface area (TPSA) is 35.6 Å². The van der Waals surface area contributed by atoms with Crippen LogP contribution in [0, 0.1) is 11.8 Å². The zero-order valence-corrected chi connectivity index (χ0v) is 17.7. The number of hydrogen-bond donors (Lipinski definition) is 1. The van der Waals surface area contributed by atoms with E-state index in [0.29, 0.717) is 18.0 Å². The van der Waals surface area contributed by atoms with Crippen molar-refractivity contribution in [3.05, 3.63) is 35.4 Å². The van der Waals surface area contributed by atoms with E-state index < -0.39 is 0 Å². The van der Waals surface area contributed by atoms with E-state index in [1.165, 1.54) is 45.3 Å². The molecule has 2 saturated heterocycles. The maximum Gasteiger partial charge on any atom is 0.224 e. The first-order valence-corrected chi connectivity index (χ1v) is 11.4. The van der Waals surface area contributed by atoms with Crippen LogP contribution in [0.4, 0.5) is 0 Å². The van der Waals surface area contributed by atoms with Crippen molar-refractivity contribution in [2.24, 2.45) is 11.8 Å². The normalized spacial score (nSPS) is 25.2. The molecule has 0 spiro atoms. The summed E-state index contributed by atoms with van der Waals surface area (Å²) in [6, 6.07) is 10.3. The van der Waals surface area contributed by atoms with Crippen LogP contribution >= 0.6 is 0 Å². The molecule has 154 valence electrons. The molecule has 1 N–H and O–H groups in total. The first-order valence-electron chi connectivity index (χ1n) is 11.4. The molecule has 28 heavy (non-hydrogen) atoms. The number of nitrogens with one attached hydrogen (secondary N) is 1. The van der Waals surface area contributed by atoms with E-state index in [2.05, 4.69) is 53.2 Å². The Labute approximate surface area is 170 Å². The van der Waals surface area contributed by atoms with Gasteiger partial charge in [0.2, 0.25) is 5.91 Å². The van der Waals surface area contributed by atoms with Gasteiger partial charge < -0.3 is 5.32 Å². The summed E-state index contributed by atoms with van der Waals surface area (Å²) < 4.78 is 0. The van der Waals surface area contributed by atoms with Gasteiger partial charge in [-0.15, -0.1) is 0 Å². The van der Waals surface area contributed by atoms with Crippen LogP contribution in [-0.4, -0.2) is 60.5 Å². The lowest BCUT2D eigenvalue weighted by Crippen LogP contribution is -2.52. The lowest BCUT2D eigenvalue weighted by Gasteiger charge is -2.43. The first kappa shape index (κ1) is 19.9. The molecule has 2 fully saturated rings. The van der Waals surface area contributed by atoms with Crippen LogP contribution in [0.5, 0.6) is 0 Å². The van der Waals surface area contributed by atoms with Gasteiger partial charge in [0.1, 0.15) is 0 Å². The van der Waals surface area contributed by atoms with E-state index in [1.807, 2.05) is 0 Å². The molecule has 2 heterocycles. The molecule has 1 atom stereocenters. The molecule has 3 aliphatic rings. The van der Waals surface area contributed by atoms with Crippen LogP contribution in [0.2, 0.25) is 0 Å². The van der Waals surface area contributed by atoms with E-state index >= 15 is 0 Å². The molecule has 4 nitrogen and oxygen atoms in total. The molecule has 1 aliphatic carbocycles. The van der Waals surface area contributed by atoms with Crippen molar-refractivity contribution < 1.29 is 4.79 Å². The first-order chi connectivity index (χ1) is 13.6. The van der Waals surface area contributed by atoms with E-state index in [1.54, 1.807) is 11.1 Å². The predicted molar refractivity (Wildman–Crippen MR) is 114 cm³/mol. The third-order valence-electron chi connectivity index (χ3n) is 7.07. The number of carbonyl (C=O) groups excluding carboxylic acids is 1. The summed E-state index contributed by atoms with van der Waals surface area (Å²) in [6.45, 7) is 9.68. The number of nitrogens with zero attached hydrogens (tertiary/aromatic N) is 2. The van der Waals surface area contributed by atoms with Gasteiger partial charge in [-0.1, -0.05) is 38.1 Å². The monoisotopic (exact) mass is 383 g/mol. The van der Waals surface area contributed by atoms with Crippen molar-refractivity contribution >= 4 is 5.91 Å². The summed E-state index contributed by atoms with van der Waals surface area (Å²) in [5.41, 5.74) is 3.11. The fraction of sp³-hybridized carbons (Fsp3) is 0.708. The highest BCUT2D eigenvalue weighted by Gasteiger charge is 2.34. The second-order valence-corrected chi connectivity index (χ2v) is 9.57. The van der Waals surface area contributed by atoms with Gasteiger partial charge >= 0.3 is 0 Å². The highest BCUT2D eigenvalue weighted by Crippen LogP contribution is 2.29. The second kappa shape index (κ2) is 8.96. The molecule has 1 aromatic rings. The number of hydrogen-bond acceptors (Lipinski definition) is 3. The van der Waals surface area contributed by atoms with Crippen LogP contribution in [0.3, 0.4) is 0 Å². The quantitative estimate of drug-likeness (QED) is 0.849. The number of amides is 1. The highest BCUT2D eigenvalue weighted by atomic mass is 16.1. The van der Waals surface area contributed by atoms with E-state index in [0.717, 1.165) is 25.9 Å². The summed E-state index contributed by atoms with van der Waals surface area (Å²) in [5, 5.41) is 3.15. The lowest BCUT2D eigenvalue weighted by atomic mass is 9.92. The van der Waals surface area contributed by atoms with E-state index in [9.17, 15) is 4.79 Å². The largest absolute Gasteiger partial charge is 0.356 e. The molecule has 1 aromatic carbocycles. The van der Waals surface area contributed by atoms with Gasteiger partial charge in [0.15, 0.2) is 0 Å². The Balaban J connectivity index is 1.25. The minimum atomic E-state index is 0.190. The molecular weight excluding hydrogens is 346 g/mol. The van der Waals surface area contributed by atoms with Crippen LogP contribution in [0.1, 0.15) is 50.7 Å². The summed E-state index contributed by atoms with van der Waals surface area (Å²) in [5.74, 6) is 0.990. The SMILES string of the molecule is CC(C)CNC(=O)[C@H]1CCCN(C2CCN(C3Cc4ccccc4C3)CC2)C1. The van der Waals surface area contributed by atoms with E-state index in [-0.39, 0.29) is 11.8 Å². The number of fused-ring (bicyclic) bond motifs is 1. The Hall–Kier alpha value is -1.39. The third kappa shape index (κ3) is 4.60. The second-order valence-electron chi connectivity index (χ2n) is 9.57. The van der Waals surface area contributed by atoms with Crippen LogP contribution in [0.15, 0.2) is 24.3 Å². The zero-order chi connectivity index (χ0) is 19.5. The van der Waals surface area contributed by atoms with Gasteiger partial charge in [-0.3, -0.25) is 14.6 Å². The third-order valence-corrected chi connectivity index (χ3v) is 7.07. The molecular formula is C24H37N3O. The smallest absolute Gasteiger partial charge is 0.224 e. The standard InChI is InChI=1S/C24H37N3O/c1-18(2)16-25-24(28)21-8-5-11-27(17-21)22-9-12-26(13-10-22)23-14-19-6-3-4-7-20(19)15-23/h3-4,6-7,18,21-23H,5,8-17H2,1-2H3,(H,25,28)/t21-/m0/s1. The molecule has 0 unspecified atom stereocenters.